The third-order valence-electron chi connectivity index (χ3n) is 2.39. The molecule has 2 rings (SSSR count). The Kier molecular flexibility index (Phi) is 4.11. The molecule has 0 saturated heterocycles. The average Bonchev–Trinajstić information content (AvgIpc) is 2.84. The minimum Gasteiger partial charge on any atom is -0.467 e. The van der Waals surface area contributed by atoms with Crippen LogP contribution in [0.25, 0.3) is 0 Å². The van der Waals surface area contributed by atoms with Crippen LogP contribution < -0.4 is 14.8 Å². The number of rotatable bonds is 6. The molecule has 0 radical (unpaired) electrons. The van der Waals surface area contributed by atoms with Crippen molar-refractivity contribution in [3.63, 3.8) is 0 Å². The zero-order chi connectivity index (χ0) is 13.7. The van der Waals surface area contributed by atoms with E-state index in [1.807, 2.05) is 19.3 Å². The van der Waals surface area contributed by atoms with Gasteiger partial charge in [0.15, 0.2) is 0 Å². The van der Waals surface area contributed by atoms with Gasteiger partial charge in [0.2, 0.25) is 5.95 Å². The Balaban J connectivity index is 1.95. The van der Waals surface area contributed by atoms with Crippen molar-refractivity contribution in [3.05, 3.63) is 18.0 Å². The van der Waals surface area contributed by atoms with Gasteiger partial charge in [0.1, 0.15) is 0 Å². The highest BCUT2D eigenvalue weighted by Gasteiger charge is 2.06. The number of hydrogen-bond acceptors (Lipinski definition) is 7. The minimum atomic E-state index is 0.215. The summed E-state index contributed by atoms with van der Waals surface area (Å²) in [6, 6.07) is 2.40. The topological polar surface area (TPSA) is 87.0 Å². The fraction of sp³-hybridized carbons (Fsp3) is 0.455. The maximum atomic E-state index is 4.97. The van der Waals surface area contributed by atoms with Crippen LogP contribution in [0, 0.1) is 0 Å². The first-order chi connectivity index (χ1) is 9.21. The summed E-state index contributed by atoms with van der Waals surface area (Å²) in [5.41, 5.74) is 1.00. The summed E-state index contributed by atoms with van der Waals surface area (Å²) >= 11 is 0. The molecule has 0 bridgehead atoms. The summed E-state index contributed by atoms with van der Waals surface area (Å²) in [6.45, 7) is 0.660. The molecule has 0 atom stereocenters. The first-order valence-corrected chi connectivity index (χ1v) is 5.77. The van der Waals surface area contributed by atoms with Crippen LogP contribution >= 0.6 is 0 Å². The van der Waals surface area contributed by atoms with E-state index >= 15 is 0 Å². The molecule has 0 spiro atoms. The normalized spacial score (nSPS) is 10.3. The Morgan fingerprint density at radius 2 is 1.84 bits per heavy atom. The van der Waals surface area contributed by atoms with Gasteiger partial charge in [0, 0.05) is 26.2 Å². The van der Waals surface area contributed by atoms with Gasteiger partial charge in [-0.05, 0) is 6.07 Å². The maximum absolute atomic E-state index is 4.97. The number of aromatic nitrogens is 5. The third-order valence-corrected chi connectivity index (χ3v) is 2.39. The smallest absolute Gasteiger partial charge is 0.324 e. The van der Waals surface area contributed by atoms with E-state index in [4.69, 9.17) is 9.47 Å². The second kappa shape index (κ2) is 5.98. The molecule has 2 aromatic rings. The lowest BCUT2D eigenvalue weighted by Crippen LogP contribution is -2.10. The largest absolute Gasteiger partial charge is 0.467 e. The number of nitrogens with one attached hydrogen (secondary N) is 1. The SMILES string of the molecule is COc1nc(NCCc2ccn(C)n2)nc(OC)n1. The lowest BCUT2D eigenvalue weighted by molar-refractivity contribution is 0.341. The monoisotopic (exact) mass is 264 g/mol. The molecule has 0 aromatic carbocycles. The van der Waals surface area contributed by atoms with Crippen LogP contribution in [0.3, 0.4) is 0 Å². The van der Waals surface area contributed by atoms with Crippen molar-refractivity contribution in [1.29, 1.82) is 0 Å². The van der Waals surface area contributed by atoms with Crippen molar-refractivity contribution in [1.82, 2.24) is 24.7 Å². The minimum absolute atomic E-state index is 0.215. The molecule has 0 fully saturated rings. The molecule has 102 valence electrons. The van der Waals surface area contributed by atoms with Gasteiger partial charge in [0.05, 0.1) is 19.9 Å². The molecule has 0 amide bonds. The van der Waals surface area contributed by atoms with E-state index in [1.54, 1.807) is 4.68 Å². The number of hydrogen-bond donors (Lipinski definition) is 1. The number of anilines is 1. The quantitative estimate of drug-likeness (QED) is 0.801. The molecule has 0 aliphatic heterocycles. The lowest BCUT2D eigenvalue weighted by atomic mass is 10.3. The maximum Gasteiger partial charge on any atom is 0.324 e. The van der Waals surface area contributed by atoms with E-state index in [-0.39, 0.29) is 12.0 Å². The molecule has 2 heterocycles. The van der Waals surface area contributed by atoms with E-state index in [9.17, 15) is 0 Å². The van der Waals surface area contributed by atoms with Crippen LogP contribution in [0.15, 0.2) is 12.3 Å². The van der Waals surface area contributed by atoms with Crippen LogP contribution in [0.2, 0.25) is 0 Å². The van der Waals surface area contributed by atoms with Crippen LogP contribution in [-0.2, 0) is 13.5 Å². The van der Waals surface area contributed by atoms with Gasteiger partial charge in [-0.3, -0.25) is 4.68 Å². The van der Waals surface area contributed by atoms with Gasteiger partial charge >= 0.3 is 12.0 Å². The van der Waals surface area contributed by atoms with Gasteiger partial charge < -0.3 is 14.8 Å². The van der Waals surface area contributed by atoms with Gasteiger partial charge in [-0.1, -0.05) is 0 Å². The average molecular weight is 264 g/mol. The van der Waals surface area contributed by atoms with Crippen LogP contribution in [0.4, 0.5) is 5.95 Å². The molecule has 1 N–H and O–H groups in total. The standard InChI is InChI=1S/C11H16N6O2/c1-17-7-5-8(16-17)4-6-12-9-13-10(18-2)15-11(14-9)19-3/h5,7H,4,6H2,1-3H3,(H,12,13,14,15). The van der Waals surface area contributed by atoms with Gasteiger partial charge in [0.25, 0.3) is 0 Å². The van der Waals surface area contributed by atoms with Crippen LogP contribution in [0.1, 0.15) is 5.69 Å². The first kappa shape index (κ1) is 13.1. The Morgan fingerprint density at radius 1 is 1.16 bits per heavy atom. The van der Waals surface area contributed by atoms with Crippen molar-refractivity contribution >= 4 is 5.95 Å². The first-order valence-electron chi connectivity index (χ1n) is 5.77. The highest BCUT2D eigenvalue weighted by Crippen LogP contribution is 2.11. The van der Waals surface area contributed by atoms with Gasteiger partial charge in [-0.15, -0.1) is 4.98 Å². The molecule has 0 saturated carbocycles. The van der Waals surface area contributed by atoms with Gasteiger partial charge in [-0.25, -0.2) is 0 Å². The Morgan fingerprint density at radius 3 is 2.37 bits per heavy atom. The number of nitrogens with zero attached hydrogens (tertiary/aromatic N) is 5. The number of ether oxygens (including phenoxy) is 2. The zero-order valence-corrected chi connectivity index (χ0v) is 11.1. The summed E-state index contributed by atoms with van der Waals surface area (Å²) in [5.74, 6) is 0.416. The molecule has 19 heavy (non-hydrogen) atoms. The molecule has 0 aliphatic carbocycles. The summed E-state index contributed by atoms with van der Waals surface area (Å²) in [4.78, 5) is 12.1. The second-order valence-electron chi connectivity index (χ2n) is 3.79. The van der Waals surface area contributed by atoms with Gasteiger partial charge in [-0.2, -0.15) is 15.1 Å². The highest BCUT2D eigenvalue weighted by molar-refractivity contribution is 5.27. The molecule has 8 heteroatoms. The van der Waals surface area contributed by atoms with E-state index in [0.29, 0.717) is 12.5 Å². The summed E-state index contributed by atoms with van der Waals surface area (Å²) < 4.78 is 11.7. The summed E-state index contributed by atoms with van der Waals surface area (Å²) in [5, 5.41) is 7.36. The highest BCUT2D eigenvalue weighted by atomic mass is 16.5. The molecular weight excluding hydrogens is 248 g/mol. The third kappa shape index (κ3) is 3.54. The molecule has 8 nitrogen and oxygen atoms in total. The van der Waals surface area contributed by atoms with E-state index in [1.165, 1.54) is 14.2 Å². The Bertz CT molecular complexity index is 519. The lowest BCUT2D eigenvalue weighted by Gasteiger charge is -2.06. The summed E-state index contributed by atoms with van der Waals surface area (Å²) in [6.07, 6.45) is 2.68. The Hall–Kier alpha value is -2.38. The summed E-state index contributed by atoms with van der Waals surface area (Å²) in [7, 11) is 4.87. The van der Waals surface area contributed by atoms with Crippen molar-refractivity contribution in [2.75, 3.05) is 26.1 Å². The fourth-order valence-electron chi connectivity index (χ4n) is 1.50. The molecular formula is C11H16N6O2. The van der Waals surface area contributed by atoms with Crippen molar-refractivity contribution < 1.29 is 9.47 Å². The van der Waals surface area contributed by atoms with E-state index < -0.39 is 0 Å². The fourth-order valence-corrected chi connectivity index (χ4v) is 1.50. The predicted octanol–water partition coefficient (Wildman–Crippen LogP) is 0.277. The van der Waals surface area contributed by atoms with Crippen molar-refractivity contribution in [2.45, 2.75) is 6.42 Å². The molecule has 0 unspecified atom stereocenters. The second-order valence-corrected chi connectivity index (χ2v) is 3.79. The Labute approximate surface area is 110 Å². The van der Waals surface area contributed by atoms with Crippen LogP contribution in [0.5, 0.6) is 12.0 Å². The zero-order valence-electron chi connectivity index (χ0n) is 11.1. The van der Waals surface area contributed by atoms with Crippen molar-refractivity contribution in [2.24, 2.45) is 7.05 Å². The van der Waals surface area contributed by atoms with E-state index in [2.05, 4.69) is 25.4 Å². The van der Waals surface area contributed by atoms with Crippen molar-refractivity contribution in [3.8, 4) is 12.0 Å². The number of methoxy groups -OCH3 is 2. The van der Waals surface area contributed by atoms with Crippen LogP contribution in [-0.4, -0.2) is 45.5 Å². The van der Waals surface area contributed by atoms with E-state index in [0.717, 1.165) is 12.1 Å². The predicted molar refractivity (Wildman–Crippen MR) is 68.3 cm³/mol. The number of aryl methyl sites for hydroxylation is 1. The molecule has 0 aliphatic rings. The molecule has 2 aromatic heterocycles.